The van der Waals surface area contributed by atoms with Crippen molar-refractivity contribution in [2.75, 3.05) is 32.1 Å². The molecule has 1 aliphatic carbocycles. The van der Waals surface area contributed by atoms with Gasteiger partial charge in [0.1, 0.15) is 0 Å². The summed E-state index contributed by atoms with van der Waals surface area (Å²) in [6.45, 7) is 5.31. The van der Waals surface area contributed by atoms with Crippen LogP contribution >= 0.6 is 0 Å². The van der Waals surface area contributed by atoms with Gasteiger partial charge in [-0.15, -0.1) is 0 Å². The third-order valence-corrected chi connectivity index (χ3v) is 4.42. The number of aliphatic hydroxyl groups excluding tert-OH is 1. The molecule has 0 aliphatic heterocycles. The molecule has 0 spiro atoms. The van der Waals surface area contributed by atoms with E-state index in [1.807, 2.05) is 7.05 Å². The molecule has 3 heteroatoms. The van der Waals surface area contributed by atoms with Crippen LogP contribution in [0.1, 0.15) is 24.0 Å². The highest BCUT2D eigenvalue weighted by molar-refractivity contribution is 5.54. The Hall–Kier alpha value is -1.06. The average Bonchev–Trinajstić information content (AvgIpc) is 3.20. The number of benzene rings is 1. The highest BCUT2D eigenvalue weighted by Gasteiger charge is 2.44. The molecule has 1 aliphatic rings. The van der Waals surface area contributed by atoms with Gasteiger partial charge in [0.05, 0.1) is 12.1 Å². The molecule has 1 atom stereocenters. The second-order valence-electron chi connectivity index (χ2n) is 5.98. The lowest BCUT2D eigenvalue weighted by molar-refractivity contribution is 0.153. The normalized spacial score (nSPS) is 18.2. The molecule has 0 heterocycles. The monoisotopic (exact) mass is 262 g/mol. The molecule has 0 radical (unpaired) electrons. The Morgan fingerprint density at radius 2 is 2.05 bits per heavy atom. The summed E-state index contributed by atoms with van der Waals surface area (Å²) in [7, 11) is 4.08. The van der Waals surface area contributed by atoms with Crippen molar-refractivity contribution in [2.45, 2.75) is 32.2 Å². The van der Waals surface area contributed by atoms with Gasteiger partial charge in [-0.1, -0.05) is 17.7 Å². The van der Waals surface area contributed by atoms with E-state index in [2.05, 4.69) is 49.3 Å². The Morgan fingerprint density at radius 3 is 2.53 bits per heavy atom. The van der Waals surface area contributed by atoms with Crippen molar-refractivity contribution in [1.82, 2.24) is 5.32 Å². The number of likely N-dealkylation sites (N-methyl/N-ethyl adjacent to an activating group) is 2. The van der Waals surface area contributed by atoms with Crippen molar-refractivity contribution < 1.29 is 5.11 Å². The van der Waals surface area contributed by atoms with Crippen molar-refractivity contribution >= 4 is 5.69 Å². The topological polar surface area (TPSA) is 35.5 Å². The zero-order valence-electron chi connectivity index (χ0n) is 12.5. The lowest BCUT2D eigenvalue weighted by Crippen LogP contribution is -2.56. The molecule has 0 bridgehead atoms. The van der Waals surface area contributed by atoms with E-state index in [-0.39, 0.29) is 12.1 Å². The van der Waals surface area contributed by atoms with Gasteiger partial charge in [0.15, 0.2) is 0 Å². The van der Waals surface area contributed by atoms with Crippen LogP contribution in [0.2, 0.25) is 0 Å². The molecule has 19 heavy (non-hydrogen) atoms. The first-order chi connectivity index (χ1) is 9.02. The maximum atomic E-state index is 9.81. The van der Waals surface area contributed by atoms with E-state index in [1.165, 1.54) is 29.7 Å². The third-order valence-electron chi connectivity index (χ3n) is 4.42. The average molecular weight is 262 g/mol. The molecular weight excluding hydrogens is 236 g/mol. The van der Waals surface area contributed by atoms with E-state index >= 15 is 0 Å². The van der Waals surface area contributed by atoms with E-state index < -0.39 is 0 Å². The Morgan fingerprint density at radius 1 is 1.37 bits per heavy atom. The fourth-order valence-corrected chi connectivity index (χ4v) is 3.05. The van der Waals surface area contributed by atoms with Gasteiger partial charge >= 0.3 is 0 Å². The highest BCUT2D eigenvalue weighted by atomic mass is 16.3. The van der Waals surface area contributed by atoms with Gasteiger partial charge in [0, 0.05) is 19.3 Å². The number of rotatable bonds is 6. The van der Waals surface area contributed by atoms with Crippen LogP contribution in [0.3, 0.4) is 0 Å². The van der Waals surface area contributed by atoms with Gasteiger partial charge in [-0.05, 0) is 51.3 Å². The first kappa shape index (κ1) is 14.4. The molecule has 106 valence electrons. The van der Waals surface area contributed by atoms with Gasteiger partial charge in [0.2, 0.25) is 0 Å². The lowest BCUT2D eigenvalue weighted by Gasteiger charge is -2.37. The summed E-state index contributed by atoms with van der Waals surface area (Å²) >= 11 is 0. The molecule has 1 aromatic rings. The number of nitrogens with zero attached hydrogens (tertiary/aromatic N) is 1. The maximum Gasteiger partial charge on any atom is 0.0633 e. The molecule has 3 nitrogen and oxygen atoms in total. The zero-order valence-corrected chi connectivity index (χ0v) is 12.5. The lowest BCUT2D eigenvalue weighted by atomic mass is 9.93. The number of aryl methyl sites for hydroxylation is 2. The predicted molar refractivity (Wildman–Crippen MR) is 80.8 cm³/mol. The molecule has 0 amide bonds. The first-order valence-corrected chi connectivity index (χ1v) is 7.10. The van der Waals surface area contributed by atoms with E-state index in [4.69, 9.17) is 0 Å². The summed E-state index contributed by atoms with van der Waals surface area (Å²) in [5.74, 6) is 0.607. The summed E-state index contributed by atoms with van der Waals surface area (Å²) < 4.78 is 0. The Bertz CT molecular complexity index is 436. The van der Waals surface area contributed by atoms with Crippen molar-refractivity contribution in [3.63, 3.8) is 0 Å². The Labute approximate surface area is 116 Å². The van der Waals surface area contributed by atoms with Crippen LogP contribution in [0.15, 0.2) is 18.2 Å². The Kier molecular flexibility index (Phi) is 4.16. The minimum absolute atomic E-state index is 0.161. The quantitative estimate of drug-likeness (QED) is 0.824. The van der Waals surface area contributed by atoms with Crippen LogP contribution < -0.4 is 10.2 Å². The van der Waals surface area contributed by atoms with Gasteiger partial charge in [-0.3, -0.25) is 0 Å². The molecule has 1 aromatic carbocycles. The molecule has 2 N–H and O–H groups in total. The molecular formula is C16H26N2O. The molecule has 1 unspecified atom stereocenters. The summed E-state index contributed by atoms with van der Waals surface area (Å²) in [5, 5.41) is 13.2. The van der Waals surface area contributed by atoms with E-state index in [9.17, 15) is 5.11 Å². The summed E-state index contributed by atoms with van der Waals surface area (Å²) in [6, 6.07) is 6.54. The number of nitrogens with one attached hydrogen (secondary N) is 1. The van der Waals surface area contributed by atoms with Crippen LogP contribution in [0.5, 0.6) is 0 Å². The summed E-state index contributed by atoms with van der Waals surface area (Å²) in [4.78, 5) is 2.26. The minimum Gasteiger partial charge on any atom is -0.394 e. The highest BCUT2D eigenvalue weighted by Crippen LogP contribution is 2.40. The van der Waals surface area contributed by atoms with Gasteiger partial charge < -0.3 is 15.3 Å². The van der Waals surface area contributed by atoms with E-state index in [1.54, 1.807) is 0 Å². The number of anilines is 1. The smallest absolute Gasteiger partial charge is 0.0633 e. The Balaban J connectivity index is 2.17. The summed E-state index contributed by atoms with van der Waals surface area (Å²) in [6.07, 6.45) is 2.45. The summed E-state index contributed by atoms with van der Waals surface area (Å²) in [5.41, 5.74) is 3.67. The maximum absolute atomic E-state index is 9.81. The van der Waals surface area contributed by atoms with E-state index in [0.29, 0.717) is 5.92 Å². The van der Waals surface area contributed by atoms with Crippen LogP contribution in [-0.2, 0) is 0 Å². The van der Waals surface area contributed by atoms with Crippen LogP contribution in [0.4, 0.5) is 5.69 Å². The largest absolute Gasteiger partial charge is 0.394 e. The molecule has 1 fully saturated rings. The number of hydrogen-bond donors (Lipinski definition) is 2. The predicted octanol–water partition coefficient (Wildman–Crippen LogP) is 2.10. The third kappa shape index (κ3) is 2.93. The van der Waals surface area contributed by atoms with Crippen LogP contribution in [0.25, 0.3) is 0 Å². The van der Waals surface area contributed by atoms with Gasteiger partial charge in [-0.25, -0.2) is 0 Å². The van der Waals surface area contributed by atoms with Gasteiger partial charge in [0.25, 0.3) is 0 Å². The fraction of sp³-hybridized carbons (Fsp3) is 0.625. The van der Waals surface area contributed by atoms with Crippen molar-refractivity contribution in [3.05, 3.63) is 29.3 Å². The molecule has 2 rings (SSSR count). The molecule has 0 saturated heterocycles. The fourth-order valence-electron chi connectivity index (χ4n) is 3.05. The second kappa shape index (κ2) is 5.51. The van der Waals surface area contributed by atoms with Crippen LogP contribution in [0, 0.1) is 19.8 Å². The standard InChI is InChI=1S/C16H26N2O/c1-12-5-8-15(13(2)9-12)18(4)10-16(11-19,17-3)14-6-7-14/h5,8-9,14,17,19H,6-7,10-11H2,1-4H3. The minimum atomic E-state index is -0.161. The van der Waals surface area contributed by atoms with Crippen molar-refractivity contribution in [3.8, 4) is 0 Å². The van der Waals surface area contributed by atoms with Gasteiger partial charge in [-0.2, -0.15) is 0 Å². The molecule has 0 aromatic heterocycles. The number of aliphatic hydroxyl groups is 1. The van der Waals surface area contributed by atoms with Crippen molar-refractivity contribution in [2.24, 2.45) is 5.92 Å². The molecule has 1 saturated carbocycles. The SMILES string of the molecule is CNC(CO)(CN(C)c1ccc(C)cc1C)C1CC1. The number of hydrogen-bond acceptors (Lipinski definition) is 3. The van der Waals surface area contributed by atoms with Crippen molar-refractivity contribution in [1.29, 1.82) is 0 Å². The van der Waals surface area contributed by atoms with E-state index in [0.717, 1.165) is 6.54 Å². The second-order valence-corrected chi connectivity index (χ2v) is 5.98. The first-order valence-electron chi connectivity index (χ1n) is 7.10. The zero-order chi connectivity index (χ0) is 14.0. The van der Waals surface area contributed by atoms with Crippen LogP contribution in [-0.4, -0.2) is 37.9 Å².